The number of anilines is 1. The Bertz CT molecular complexity index is 612. The van der Waals surface area contributed by atoms with Crippen molar-refractivity contribution in [3.05, 3.63) is 28.2 Å². The number of hydrogen-bond acceptors (Lipinski definition) is 2. The molecule has 21 heavy (non-hydrogen) atoms. The maximum atomic E-state index is 12.9. The Hall–Kier alpha value is -1.42. The normalized spacial score (nSPS) is 19.9. The van der Waals surface area contributed by atoms with Gasteiger partial charge in [-0.15, -0.1) is 6.42 Å². The number of benzene rings is 1. The quantitative estimate of drug-likeness (QED) is 0.773. The predicted octanol–water partition coefficient (Wildman–Crippen LogP) is 3.37. The van der Waals surface area contributed by atoms with Gasteiger partial charge in [0.15, 0.2) is 0 Å². The first-order chi connectivity index (χ1) is 9.75. The lowest BCUT2D eigenvalue weighted by Gasteiger charge is -2.26. The highest BCUT2D eigenvalue weighted by molar-refractivity contribution is 6.36. The van der Waals surface area contributed by atoms with Crippen LogP contribution in [0.3, 0.4) is 0 Å². The van der Waals surface area contributed by atoms with Gasteiger partial charge in [-0.05, 0) is 18.2 Å². The van der Waals surface area contributed by atoms with Crippen molar-refractivity contribution in [2.75, 3.05) is 18.1 Å². The van der Waals surface area contributed by atoms with Crippen LogP contribution in [0.4, 0.5) is 18.9 Å². The Kier molecular flexibility index (Phi) is 4.38. The fraction of sp³-hybridized carbons (Fsp3) is 0.308. The Labute approximate surface area is 129 Å². The molecule has 1 amide bonds. The average Bonchev–Trinajstić information content (AvgIpc) is 2.67. The summed E-state index contributed by atoms with van der Waals surface area (Å²) in [4.78, 5) is 12.1. The summed E-state index contributed by atoms with van der Waals surface area (Å²) in [5.74, 6) is -1.01. The number of carbonyl (C=O) groups excluding carboxylic acids is 1. The molecule has 1 unspecified atom stereocenters. The molecule has 112 valence electrons. The van der Waals surface area contributed by atoms with Gasteiger partial charge in [0.05, 0.1) is 17.3 Å². The summed E-state index contributed by atoms with van der Waals surface area (Å²) in [6.07, 6.45) is 0.504. The van der Waals surface area contributed by atoms with Crippen molar-refractivity contribution in [2.24, 2.45) is 5.92 Å². The van der Waals surface area contributed by atoms with Gasteiger partial charge in [-0.1, -0.05) is 29.1 Å². The van der Waals surface area contributed by atoms with Crippen LogP contribution in [0.5, 0.6) is 0 Å². The molecule has 0 aliphatic carbocycles. The van der Waals surface area contributed by atoms with E-state index in [1.54, 1.807) is 0 Å². The van der Waals surface area contributed by atoms with Crippen LogP contribution < -0.4 is 5.01 Å². The second kappa shape index (κ2) is 5.76. The van der Waals surface area contributed by atoms with E-state index in [0.29, 0.717) is 5.02 Å². The maximum Gasteiger partial charge on any atom is 0.401 e. The summed E-state index contributed by atoms with van der Waals surface area (Å²) >= 11 is 11.7. The fourth-order valence-electron chi connectivity index (χ4n) is 2.07. The van der Waals surface area contributed by atoms with E-state index in [9.17, 15) is 18.0 Å². The van der Waals surface area contributed by atoms with Crippen molar-refractivity contribution >= 4 is 34.8 Å². The van der Waals surface area contributed by atoms with Crippen LogP contribution in [0.25, 0.3) is 0 Å². The van der Waals surface area contributed by atoms with E-state index in [1.165, 1.54) is 18.2 Å². The van der Waals surface area contributed by atoms with Crippen molar-refractivity contribution in [3.8, 4) is 12.3 Å². The molecule has 1 aliphatic heterocycles. The minimum absolute atomic E-state index is 0.0701. The van der Waals surface area contributed by atoms with Crippen molar-refractivity contribution in [1.29, 1.82) is 0 Å². The van der Waals surface area contributed by atoms with E-state index >= 15 is 0 Å². The summed E-state index contributed by atoms with van der Waals surface area (Å²) < 4.78 is 38.7. The predicted molar refractivity (Wildman–Crippen MR) is 73.9 cm³/mol. The maximum absolute atomic E-state index is 12.9. The van der Waals surface area contributed by atoms with Crippen molar-refractivity contribution < 1.29 is 18.0 Å². The zero-order valence-electron chi connectivity index (χ0n) is 10.5. The number of hydrogen-bond donors (Lipinski definition) is 0. The Balaban J connectivity index is 2.44. The molecule has 0 spiro atoms. The average molecular weight is 337 g/mol. The largest absolute Gasteiger partial charge is 0.401 e. The van der Waals surface area contributed by atoms with E-state index in [0.717, 1.165) is 10.0 Å². The number of rotatable bonds is 2. The van der Waals surface area contributed by atoms with Crippen LogP contribution >= 0.6 is 23.2 Å². The summed E-state index contributed by atoms with van der Waals surface area (Å²) in [5, 5.41) is 2.39. The topological polar surface area (TPSA) is 23.6 Å². The molecule has 1 aromatic carbocycles. The minimum Gasteiger partial charge on any atom is -0.272 e. The Morgan fingerprint density at radius 1 is 1.38 bits per heavy atom. The van der Waals surface area contributed by atoms with Gasteiger partial charge in [0.25, 0.3) is 5.91 Å². The van der Waals surface area contributed by atoms with E-state index in [4.69, 9.17) is 29.6 Å². The van der Waals surface area contributed by atoms with E-state index in [-0.39, 0.29) is 17.3 Å². The molecule has 1 aromatic rings. The molecular weight excluding hydrogens is 328 g/mol. The van der Waals surface area contributed by atoms with Gasteiger partial charge < -0.3 is 0 Å². The van der Waals surface area contributed by atoms with Crippen LogP contribution in [-0.2, 0) is 4.79 Å². The minimum atomic E-state index is -4.64. The molecular formula is C13H9Cl2F3N2O. The first-order valence-corrected chi connectivity index (χ1v) is 6.55. The number of alkyl halides is 3. The lowest BCUT2D eigenvalue weighted by atomic mass is 10.1. The van der Waals surface area contributed by atoms with Crippen molar-refractivity contribution in [1.82, 2.24) is 5.01 Å². The highest BCUT2D eigenvalue weighted by Crippen LogP contribution is 2.38. The second-order valence-electron chi connectivity index (χ2n) is 4.39. The van der Waals surface area contributed by atoms with Gasteiger partial charge in [0.2, 0.25) is 0 Å². The first kappa shape index (κ1) is 16.0. The molecule has 1 heterocycles. The lowest BCUT2D eigenvalue weighted by Crippen LogP contribution is -2.40. The summed E-state index contributed by atoms with van der Waals surface area (Å²) in [7, 11) is 0. The van der Waals surface area contributed by atoms with E-state index in [1.807, 2.05) is 0 Å². The smallest absolute Gasteiger partial charge is 0.272 e. The molecule has 0 saturated carbocycles. The van der Waals surface area contributed by atoms with E-state index < -0.39 is 24.5 Å². The van der Waals surface area contributed by atoms with Crippen LogP contribution in [0.1, 0.15) is 0 Å². The van der Waals surface area contributed by atoms with Crippen molar-refractivity contribution in [3.63, 3.8) is 0 Å². The zero-order valence-corrected chi connectivity index (χ0v) is 12.0. The molecule has 0 radical (unpaired) electrons. The highest BCUT2D eigenvalue weighted by atomic mass is 35.5. The van der Waals surface area contributed by atoms with Crippen LogP contribution in [0.15, 0.2) is 18.2 Å². The molecule has 0 bridgehead atoms. The van der Waals surface area contributed by atoms with Crippen molar-refractivity contribution in [2.45, 2.75) is 6.18 Å². The van der Waals surface area contributed by atoms with Gasteiger partial charge in [0, 0.05) is 11.6 Å². The molecule has 2 rings (SSSR count). The van der Waals surface area contributed by atoms with Crippen LogP contribution in [0.2, 0.25) is 10.0 Å². The standard InChI is InChI=1S/C13H9Cl2F3N2O/c1-2-5-19-7-9(13(16,17)18)12(21)20(19)11-4-3-8(14)6-10(11)15/h1,3-4,6,9H,5,7H2. The fourth-order valence-corrected chi connectivity index (χ4v) is 2.55. The third-order valence-electron chi connectivity index (χ3n) is 2.99. The second-order valence-corrected chi connectivity index (χ2v) is 5.23. The summed E-state index contributed by atoms with van der Waals surface area (Å²) in [6.45, 7) is -0.678. The molecule has 1 atom stereocenters. The monoisotopic (exact) mass is 336 g/mol. The number of halogens is 5. The zero-order chi connectivity index (χ0) is 15.8. The summed E-state index contributed by atoms with van der Waals surface area (Å²) in [6, 6.07) is 4.16. The molecule has 1 fully saturated rings. The van der Waals surface area contributed by atoms with Gasteiger partial charge >= 0.3 is 6.18 Å². The molecule has 1 saturated heterocycles. The molecule has 8 heteroatoms. The Morgan fingerprint density at radius 3 is 2.57 bits per heavy atom. The first-order valence-electron chi connectivity index (χ1n) is 5.79. The molecule has 1 aliphatic rings. The number of carbonyl (C=O) groups is 1. The van der Waals surface area contributed by atoms with Crippen LogP contribution in [0, 0.1) is 18.3 Å². The lowest BCUT2D eigenvalue weighted by molar-refractivity contribution is -0.175. The van der Waals surface area contributed by atoms with Gasteiger partial charge in [0.1, 0.15) is 5.92 Å². The third-order valence-corrected chi connectivity index (χ3v) is 3.53. The molecule has 0 N–H and O–H groups in total. The number of amides is 1. The molecule has 3 nitrogen and oxygen atoms in total. The SMILES string of the molecule is C#CCN1CC(C(F)(F)F)C(=O)N1c1ccc(Cl)cc1Cl. The third kappa shape index (κ3) is 3.10. The van der Waals surface area contributed by atoms with E-state index in [2.05, 4.69) is 5.92 Å². The highest BCUT2D eigenvalue weighted by Gasteiger charge is 2.53. The number of nitrogens with zero attached hydrogens (tertiary/aromatic N) is 2. The number of terminal acetylenes is 1. The Morgan fingerprint density at radius 2 is 2.05 bits per heavy atom. The molecule has 0 aromatic heterocycles. The van der Waals surface area contributed by atoms with Gasteiger partial charge in [-0.25, -0.2) is 10.0 Å². The number of hydrazine groups is 1. The summed E-state index contributed by atoms with van der Waals surface area (Å²) in [5.41, 5.74) is 0.119. The van der Waals surface area contributed by atoms with Gasteiger partial charge in [-0.3, -0.25) is 4.79 Å². The van der Waals surface area contributed by atoms with Gasteiger partial charge in [-0.2, -0.15) is 13.2 Å². The van der Waals surface area contributed by atoms with Crippen LogP contribution in [-0.4, -0.2) is 30.2 Å².